The molecule has 0 aliphatic heterocycles. The minimum Gasteiger partial charge on any atom is -0.508 e. The van der Waals surface area contributed by atoms with Gasteiger partial charge in [-0.3, -0.25) is 25.2 Å². The van der Waals surface area contributed by atoms with Gasteiger partial charge in [-0.15, -0.1) is 0 Å². The second-order valence-electron chi connectivity index (χ2n) is 7.47. The summed E-state index contributed by atoms with van der Waals surface area (Å²) < 4.78 is 0. The van der Waals surface area contributed by atoms with Crippen molar-refractivity contribution in [3.63, 3.8) is 0 Å². The number of phenolic OH excluding ortho intramolecular Hbond substituents is 4. The van der Waals surface area contributed by atoms with Crippen LogP contribution in [0.2, 0.25) is 0 Å². The van der Waals surface area contributed by atoms with E-state index in [1.807, 2.05) is 0 Å². The summed E-state index contributed by atoms with van der Waals surface area (Å²) in [6.07, 6.45) is 2.56. The zero-order valence-electron chi connectivity index (χ0n) is 18.3. The van der Waals surface area contributed by atoms with Crippen LogP contribution in [0, 0.1) is 0 Å². The van der Waals surface area contributed by atoms with E-state index in [0.29, 0.717) is 11.1 Å². The molecular weight excluding hydrogens is 454 g/mol. The molecule has 0 heterocycles. The SMILES string of the molecule is O=C(C=Cc1ccc(O)c(O)c1)N[C@@H](Cc1ccc(O)cc1)C(=O)NNC(=O)c1ccccc1O. The van der Waals surface area contributed by atoms with E-state index in [-0.39, 0.29) is 35.0 Å². The standard InChI is InChI=1S/C25H23N3O7/c29-17-9-5-15(6-10-17)13-19(25(35)28-27-24(34)18-3-1-2-4-20(18)30)26-23(33)12-8-16-7-11-21(31)22(32)14-16/h1-12,14,19,29-32H,13H2,(H,26,33)(H,27,34)(H,28,35)/t19-/m0/s1. The van der Waals surface area contributed by atoms with Gasteiger partial charge in [0, 0.05) is 12.5 Å². The molecule has 1 atom stereocenters. The average Bonchev–Trinajstić information content (AvgIpc) is 2.84. The molecule has 3 amide bonds. The molecule has 0 radical (unpaired) electrons. The van der Waals surface area contributed by atoms with Gasteiger partial charge in [-0.05, 0) is 53.6 Å². The highest BCUT2D eigenvalue weighted by Crippen LogP contribution is 2.25. The zero-order valence-corrected chi connectivity index (χ0v) is 18.3. The smallest absolute Gasteiger partial charge is 0.273 e. The summed E-state index contributed by atoms with van der Waals surface area (Å²) in [5, 5.41) is 40.7. The first-order valence-electron chi connectivity index (χ1n) is 10.4. The summed E-state index contributed by atoms with van der Waals surface area (Å²) >= 11 is 0. The third-order valence-corrected chi connectivity index (χ3v) is 4.88. The minimum absolute atomic E-state index is 0.0359. The third-order valence-electron chi connectivity index (χ3n) is 4.88. The van der Waals surface area contributed by atoms with Crippen molar-refractivity contribution in [2.45, 2.75) is 12.5 Å². The van der Waals surface area contributed by atoms with Gasteiger partial charge in [0.05, 0.1) is 5.56 Å². The lowest BCUT2D eigenvalue weighted by Gasteiger charge is -2.18. The monoisotopic (exact) mass is 477 g/mol. The molecule has 3 rings (SSSR count). The van der Waals surface area contributed by atoms with E-state index in [9.17, 15) is 34.8 Å². The van der Waals surface area contributed by atoms with Gasteiger partial charge in [0.1, 0.15) is 17.5 Å². The van der Waals surface area contributed by atoms with Crippen molar-refractivity contribution < 1.29 is 34.8 Å². The molecule has 0 aromatic heterocycles. The number of benzene rings is 3. The molecule has 180 valence electrons. The van der Waals surface area contributed by atoms with Crippen LogP contribution in [0.15, 0.2) is 72.8 Å². The Hall–Kier alpha value is -4.99. The topological polar surface area (TPSA) is 168 Å². The largest absolute Gasteiger partial charge is 0.508 e. The lowest BCUT2D eigenvalue weighted by Crippen LogP contribution is -2.53. The van der Waals surface area contributed by atoms with E-state index >= 15 is 0 Å². The van der Waals surface area contributed by atoms with Crippen LogP contribution in [0.25, 0.3) is 6.08 Å². The number of para-hydroxylation sites is 1. The van der Waals surface area contributed by atoms with E-state index in [1.165, 1.54) is 48.5 Å². The van der Waals surface area contributed by atoms with Crippen molar-refractivity contribution >= 4 is 23.8 Å². The van der Waals surface area contributed by atoms with Crippen molar-refractivity contribution in [2.75, 3.05) is 0 Å². The fourth-order valence-electron chi connectivity index (χ4n) is 3.05. The highest BCUT2D eigenvalue weighted by Gasteiger charge is 2.22. The fourth-order valence-corrected chi connectivity index (χ4v) is 3.05. The van der Waals surface area contributed by atoms with E-state index in [4.69, 9.17) is 0 Å². The van der Waals surface area contributed by atoms with Crippen LogP contribution in [-0.4, -0.2) is 44.2 Å². The molecule has 0 aliphatic carbocycles. The number of hydrazine groups is 1. The number of phenols is 4. The number of hydrogen-bond acceptors (Lipinski definition) is 7. The molecule has 35 heavy (non-hydrogen) atoms. The Kier molecular flexibility index (Phi) is 7.91. The first-order chi connectivity index (χ1) is 16.7. The summed E-state index contributed by atoms with van der Waals surface area (Å²) in [4.78, 5) is 37.5. The van der Waals surface area contributed by atoms with Crippen molar-refractivity contribution in [3.05, 3.63) is 89.5 Å². The lowest BCUT2D eigenvalue weighted by atomic mass is 10.0. The van der Waals surface area contributed by atoms with Crippen LogP contribution in [0.1, 0.15) is 21.5 Å². The molecule has 0 unspecified atom stereocenters. The third kappa shape index (κ3) is 6.99. The van der Waals surface area contributed by atoms with Gasteiger partial charge in [-0.2, -0.15) is 0 Å². The normalized spacial score (nSPS) is 11.5. The number of carbonyl (C=O) groups excluding carboxylic acids is 3. The summed E-state index contributed by atoms with van der Waals surface area (Å²) in [5.74, 6) is -3.00. The Morgan fingerprint density at radius 2 is 1.51 bits per heavy atom. The van der Waals surface area contributed by atoms with Gasteiger partial charge in [-0.25, -0.2) is 0 Å². The first kappa shape index (κ1) is 24.6. The quantitative estimate of drug-likeness (QED) is 0.154. The van der Waals surface area contributed by atoms with Crippen LogP contribution in [-0.2, 0) is 16.0 Å². The van der Waals surface area contributed by atoms with Crippen LogP contribution < -0.4 is 16.2 Å². The molecule has 0 saturated carbocycles. The number of carbonyl (C=O) groups is 3. The summed E-state index contributed by atoms with van der Waals surface area (Å²) in [5.41, 5.74) is 5.45. The number of rotatable bonds is 7. The van der Waals surface area contributed by atoms with E-state index < -0.39 is 23.8 Å². The van der Waals surface area contributed by atoms with Gasteiger partial charge in [-0.1, -0.05) is 30.3 Å². The van der Waals surface area contributed by atoms with Crippen LogP contribution in [0.3, 0.4) is 0 Å². The molecule has 10 nitrogen and oxygen atoms in total. The van der Waals surface area contributed by atoms with E-state index in [2.05, 4.69) is 16.2 Å². The van der Waals surface area contributed by atoms with Gasteiger partial charge in [0.15, 0.2) is 11.5 Å². The molecule has 10 heteroatoms. The maximum atomic E-state index is 12.8. The van der Waals surface area contributed by atoms with Crippen molar-refractivity contribution in [2.24, 2.45) is 0 Å². The number of hydrogen-bond donors (Lipinski definition) is 7. The van der Waals surface area contributed by atoms with Crippen molar-refractivity contribution in [1.29, 1.82) is 0 Å². The first-order valence-corrected chi connectivity index (χ1v) is 10.4. The second-order valence-corrected chi connectivity index (χ2v) is 7.47. The van der Waals surface area contributed by atoms with E-state index in [1.54, 1.807) is 24.3 Å². The maximum absolute atomic E-state index is 12.8. The molecule has 3 aromatic rings. The Bertz CT molecular complexity index is 1260. The Balaban J connectivity index is 1.70. The summed E-state index contributed by atoms with van der Waals surface area (Å²) in [7, 11) is 0. The Morgan fingerprint density at radius 1 is 0.800 bits per heavy atom. The van der Waals surface area contributed by atoms with Gasteiger partial charge in [0.2, 0.25) is 5.91 Å². The number of nitrogens with one attached hydrogen (secondary N) is 3. The highest BCUT2D eigenvalue weighted by atomic mass is 16.3. The molecule has 0 spiro atoms. The molecule has 0 aliphatic rings. The lowest BCUT2D eigenvalue weighted by molar-refractivity contribution is -0.127. The second kappa shape index (κ2) is 11.2. The summed E-state index contributed by atoms with van der Waals surface area (Å²) in [6.45, 7) is 0. The minimum atomic E-state index is -1.12. The molecule has 0 fully saturated rings. The molecule has 7 N–H and O–H groups in total. The predicted octanol–water partition coefficient (Wildman–Crippen LogP) is 1.71. The molecule has 3 aromatic carbocycles. The highest BCUT2D eigenvalue weighted by molar-refractivity contribution is 5.99. The maximum Gasteiger partial charge on any atom is 0.273 e. The predicted molar refractivity (Wildman–Crippen MR) is 126 cm³/mol. The van der Waals surface area contributed by atoms with Gasteiger partial charge >= 0.3 is 0 Å². The Morgan fingerprint density at radius 3 is 2.20 bits per heavy atom. The number of amides is 3. The zero-order chi connectivity index (χ0) is 25.4. The van der Waals surface area contributed by atoms with Crippen LogP contribution in [0.4, 0.5) is 0 Å². The molecular formula is C25H23N3O7. The van der Waals surface area contributed by atoms with Crippen molar-refractivity contribution in [3.8, 4) is 23.0 Å². The van der Waals surface area contributed by atoms with Crippen LogP contribution in [0.5, 0.6) is 23.0 Å². The van der Waals surface area contributed by atoms with Crippen molar-refractivity contribution in [1.82, 2.24) is 16.2 Å². The van der Waals surface area contributed by atoms with Gasteiger partial charge in [0.25, 0.3) is 11.8 Å². The Labute approximate surface area is 200 Å². The average molecular weight is 477 g/mol. The van der Waals surface area contributed by atoms with Crippen LogP contribution >= 0.6 is 0 Å². The fraction of sp³-hybridized carbons (Fsp3) is 0.0800. The molecule has 0 bridgehead atoms. The van der Waals surface area contributed by atoms with Gasteiger partial charge < -0.3 is 25.7 Å². The van der Waals surface area contributed by atoms with E-state index in [0.717, 1.165) is 6.08 Å². The summed E-state index contributed by atoms with van der Waals surface area (Å²) in [6, 6.07) is 14.7. The number of aromatic hydroxyl groups is 4. The molecule has 0 saturated heterocycles.